The van der Waals surface area contributed by atoms with Crippen molar-refractivity contribution >= 4 is 5.91 Å². The Balaban J connectivity index is 1.96. The van der Waals surface area contributed by atoms with Gasteiger partial charge in [0, 0.05) is 31.0 Å². The molecule has 4 heteroatoms. The third-order valence-corrected chi connectivity index (χ3v) is 4.00. The Bertz CT molecular complexity index is 437. The summed E-state index contributed by atoms with van der Waals surface area (Å²) in [6.45, 7) is 8.63. The van der Waals surface area contributed by atoms with Crippen LogP contribution in [0.25, 0.3) is 0 Å². The van der Waals surface area contributed by atoms with E-state index < -0.39 is 0 Å². The van der Waals surface area contributed by atoms with E-state index in [-0.39, 0.29) is 5.91 Å². The molecule has 4 nitrogen and oxygen atoms in total. The second kappa shape index (κ2) is 6.93. The van der Waals surface area contributed by atoms with E-state index in [4.69, 9.17) is 0 Å². The lowest BCUT2D eigenvalue weighted by Gasteiger charge is -2.20. The molecule has 1 N–H and O–H groups in total. The molecular formula is C16H27N3O. The second-order valence-corrected chi connectivity index (χ2v) is 5.55. The van der Waals surface area contributed by atoms with Gasteiger partial charge in [0.1, 0.15) is 6.54 Å². The maximum atomic E-state index is 12.3. The minimum atomic E-state index is 0.244. The number of likely N-dealkylation sites (N-methyl/N-ethyl adjacent to an activating group) is 1. The van der Waals surface area contributed by atoms with Crippen LogP contribution in [0.15, 0.2) is 18.5 Å². The van der Waals surface area contributed by atoms with E-state index in [2.05, 4.69) is 38.4 Å². The van der Waals surface area contributed by atoms with Gasteiger partial charge < -0.3 is 14.8 Å². The fourth-order valence-corrected chi connectivity index (χ4v) is 2.78. The van der Waals surface area contributed by atoms with Crippen LogP contribution in [0.3, 0.4) is 0 Å². The van der Waals surface area contributed by atoms with Crippen LogP contribution in [0.2, 0.25) is 0 Å². The summed E-state index contributed by atoms with van der Waals surface area (Å²) in [6.07, 6.45) is 7.54. The van der Waals surface area contributed by atoms with Crippen molar-refractivity contribution in [2.45, 2.75) is 58.7 Å². The van der Waals surface area contributed by atoms with Crippen molar-refractivity contribution in [2.24, 2.45) is 0 Å². The standard InChI is InChI=1S/C16H27N3O/c1-4-15(17-5-2)13-9-10-18(11-13)12-16(20)19(6-3)14-7-8-14/h9-11,14-15,17H,4-8,12H2,1-3H3. The van der Waals surface area contributed by atoms with Gasteiger partial charge >= 0.3 is 0 Å². The molecule has 20 heavy (non-hydrogen) atoms. The van der Waals surface area contributed by atoms with Gasteiger partial charge in [0.2, 0.25) is 5.91 Å². The highest BCUT2D eigenvalue weighted by Crippen LogP contribution is 2.26. The number of aromatic nitrogens is 1. The number of carbonyl (C=O) groups excluding carboxylic acids is 1. The van der Waals surface area contributed by atoms with Gasteiger partial charge in [-0.25, -0.2) is 0 Å². The zero-order valence-electron chi connectivity index (χ0n) is 12.9. The molecule has 0 aromatic carbocycles. The van der Waals surface area contributed by atoms with Gasteiger partial charge in [-0.1, -0.05) is 13.8 Å². The summed E-state index contributed by atoms with van der Waals surface area (Å²) in [7, 11) is 0. The van der Waals surface area contributed by atoms with Gasteiger partial charge in [-0.05, 0) is 44.4 Å². The molecule has 0 spiro atoms. The van der Waals surface area contributed by atoms with E-state index >= 15 is 0 Å². The molecule has 1 aliphatic carbocycles. The van der Waals surface area contributed by atoms with E-state index in [1.54, 1.807) is 0 Å². The number of amides is 1. The fourth-order valence-electron chi connectivity index (χ4n) is 2.78. The van der Waals surface area contributed by atoms with Crippen molar-refractivity contribution in [3.8, 4) is 0 Å². The molecule has 0 bridgehead atoms. The van der Waals surface area contributed by atoms with Crippen LogP contribution in [0.1, 0.15) is 51.6 Å². The number of nitrogens with zero attached hydrogens (tertiary/aromatic N) is 2. The third-order valence-electron chi connectivity index (χ3n) is 4.00. The molecule has 1 atom stereocenters. The number of nitrogens with one attached hydrogen (secondary N) is 1. The largest absolute Gasteiger partial charge is 0.345 e. The lowest BCUT2D eigenvalue weighted by Crippen LogP contribution is -2.35. The monoisotopic (exact) mass is 277 g/mol. The minimum absolute atomic E-state index is 0.244. The summed E-state index contributed by atoms with van der Waals surface area (Å²) < 4.78 is 2.02. The van der Waals surface area contributed by atoms with Crippen LogP contribution in [0.5, 0.6) is 0 Å². The summed E-state index contributed by atoms with van der Waals surface area (Å²) in [5.74, 6) is 0.244. The average Bonchev–Trinajstić information content (AvgIpc) is 3.16. The normalized spacial score (nSPS) is 16.1. The van der Waals surface area contributed by atoms with E-state index in [1.807, 2.05) is 15.7 Å². The van der Waals surface area contributed by atoms with Crippen molar-refractivity contribution in [3.63, 3.8) is 0 Å². The van der Waals surface area contributed by atoms with E-state index in [0.717, 1.165) is 19.5 Å². The van der Waals surface area contributed by atoms with Crippen LogP contribution in [-0.2, 0) is 11.3 Å². The van der Waals surface area contributed by atoms with Crippen molar-refractivity contribution in [2.75, 3.05) is 13.1 Å². The Kier molecular flexibility index (Phi) is 5.24. The average molecular weight is 277 g/mol. The zero-order chi connectivity index (χ0) is 14.5. The van der Waals surface area contributed by atoms with Gasteiger partial charge in [-0.2, -0.15) is 0 Å². The SMILES string of the molecule is CCNC(CC)c1ccn(CC(=O)N(CC)C2CC2)c1. The molecule has 2 rings (SSSR count). The Morgan fingerprint density at radius 3 is 2.75 bits per heavy atom. The lowest BCUT2D eigenvalue weighted by atomic mass is 10.1. The van der Waals surface area contributed by atoms with E-state index in [0.29, 0.717) is 18.6 Å². The van der Waals surface area contributed by atoms with Gasteiger partial charge in [0.15, 0.2) is 0 Å². The first-order valence-corrected chi connectivity index (χ1v) is 7.88. The molecule has 1 aromatic rings. The molecule has 0 aliphatic heterocycles. The molecule has 1 heterocycles. The molecule has 0 radical (unpaired) electrons. The highest BCUT2D eigenvalue weighted by Gasteiger charge is 2.31. The van der Waals surface area contributed by atoms with Crippen LogP contribution in [-0.4, -0.2) is 34.5 Å². The summed E-state index contributed by atoms with van der Waals surface area (Å²) >= 11 is 0. The highest BCUT2D eigenvalue weighted by atomic mass is 16.2. The number of rotatable bonds is 8. The summed E-state index contributed by atoms with van der Waals surface area (Å²) in [5, 5.41) is 3.47. The number of hydrogen-bond acceptors (Lipinski definition) is 2. The fraction of sp³-hybridized carbons (Fsp3) is 0.688. The lowest BCUT2D eigenvalue weighted by molar-refractivity contribution is -0.132. The first-order chi connectivity index (χ1) is 9.69. The van der Waals surface area contributed by atoms with Gasteiger partial charge in [0.05, 0.1) is 0 Å². The highest BCUT2D eigenvalue weighted by molar-refractivity contribution is 5.76. The van der Waals surface area contributed by atoms with Crippen molar-refractivity contribution in [1.82, 2.24) is 14.8 Å². The van der Waals surface area contributed by atoms with Crippen molar-refractivity contribution in [3.05, 3.63) is 24.0 Å². The molecule has 1 saturated carbocycles. The molecule has 1 unspecified atom stereocenters. The van der Waals surface area contributed by atoms with Crippen LogP contribution in [0.4, 0.5) is 0 Å². The Morgan fingerprint density at radius 1 is 1.45 bits per heavy atom. The smallest absolute Gasteiger partial charge is 0.242 e. The van der Waals surface area contributed by atoms with Gasteiger partial charge in [-0.15, -0.1) is 0 Å². The molecule has 1 aromatic heterocycles. The maximum absolute atomic E-state index is 12.3. The molecule has 1 amide bonds. The van der Waals surface area contributed by atoms with Crippen LogP contribution < -0.4 is 5.32 Å². The topological polar surface area (TPSA) is 37.3 Å². The van der Waals surface area contributed by atoms with Crippen LogP contribution in [0, 0.1) is 0 Å². The number of hydrogen-bond donors (Lipinski definition) is 1. The predicted molar refractivity (Wildman–Crippen MR) is 81.5 cm³/mol. The first kappa shape index (κ1) is 15.1. The zero-order valence-corrected chi connectivity index (χ0v) is 12.9. The Hall–Kier alpha value is -1.29. The molecule has 1 fully saturated rings. The van der Waals surface area contributed by atoms with Gasteiger partial charge in [-0.3, -0.25) is 4.79 Å². The summed E-state index contributed by atoms with van der Waals surface area (Å²) in [6, 6.07) is 3.02. The van der Waals surface area contributed by atoms with E-state index in [9.17, 15) is 4.79 Å². The molecule has 1 aliphatic rings. The first-order valence-electron chi connectivity index (χ1n) is 7.88. The quantitative estimate of drug-likeness (QED) is 0.793. The summed E-state index contributed by atoms with van der Waals surface area (Å²) in [5.41, 5.74) is 1.27. The minimum Gasteiger partial charge on any atom is -0.345 e. The Morgan fingerprint density at radius 2 is 2.20 bits per heavy atom. The predicted octanol–water partition coefficient (Wildman–Crippen LogP) is 2.56. The Labute approximate surface area is 122 Å². The maximum Gasteiger partial charge on any atom is 0.242 e. The van der Waals surface area contributed by atoms with Crippen LogP contribution >= 0.6 is 0 Å². The van der Waals surface area contributed by atoms with Crippen molar-refractivity contribution < 1.29 is 4.79 Å². The van der Waals surface area contributed by atoms with Crippen molar-refractivity contribution in [1.29, 1.82) is 0 Å². The third kappa shape index (κ3) is 3.63. The van der Waals surface area contributed by atoms with E-state index in [1.165, 1.54) is 18.4 Å². The van der Waals surface area contributed by atoms with Gasteiger partial charge in [0.25, 0.3) is 0 Å². The summed E-state index contributed by atoms with van der Waals surface area (Å²) in [4.78, 5) is 14.3. The molecule has 0 saturated heterocycles. The number of carbonyl (C=O) groups is 1. The molecular weight excluding hydrogens is 250 g/mol. The molecule has 112 valence electrons. The second-order valence-electron chi connectivity index (χ2n) is 5.55.